The van der Waals surface area contributed by atoms with Crippen molar-refractivity contribution in [3.05, 3.63) is 29.8 Å². The third-order valence-electron chi connectivity index (χ3n) is 2.05. The Labute approximate surface area is 94.0 Å². The van der Waals surface area contributed by atoms with Crippen LogP contribution in [0, 0.1) is 0 Å². The summed E-state index contributed by atoms with van der Waals surface area (Å²) in [4.78, 5) is 21.5. The average molecular weight is 221 g/mol. The van der Waals surface area contributed by atoms with Crippen LogP contribution in [-0.4, -0.2) is 18.5 Å². The van der Waals surface area contributed by atoms with Gasteiger partial charge in [-0.3, -0.25) is 10.1 Å². The second-order valence-corrected chi connectivity index (χ2v) is 3.32. The first-order valence-corrected chi connectivity index (χ1v) is 5.04. The Morgan fingerprint density at radius 1 is 1.38 bits per heavy atom. The lowest BCUT2D eigenvalue weighted by Crippen LogP contribution is -2.38. The molecule has 0 atom stereocenters. The number of aryl methyl sites for hydroxylation is 1. The molecular formula is C11H15N3O2. The summed E-state index contributed by atoms with van der Waals surface area (Å²) < 4.78 is 0. The predicted octanol–water partition coefficient (Wildman–Crippen LogP) is 0.856. The van der Waals surface area contributed by atoms with Crippen LogP contribution in [0.1, 0.15) is 12.5 Å². The minimum Gasteiger partial charge on any atom is -0.376 e. The molecule has 0 fully saturated rings. The Kier molecular flexibility index (Phi) is 4.32. The lowest BCUT2D eigenvalue weighted by atomic mass is 10.1. The van der Waals surface area contributed by atoms with E-state index < -0.39 is 11.9 Å². The zero-order valence-electron chi connectivity index (χ0n) is 9.12. The number of primary amides is 1. The molecule has 0 aliphatic heterocycles. The van der Waals surface area contributed by atoms with Gasteiger partial charge >= 0.3 is 6.03 Å². The maximum Gasteiger partial charge on any atom is 0.318 e. The van der Waals surface area contributed by atoms with Crippen LogP contribution in [-0.2, 0) is 11.2 Å². The van der Waals surface area contributed by atoms with E-state index in [1.165, 1.54) is 5.56 Å². The predicted molar refractivity (Wildman–Crippen MR) is 62.0 cm³/mol. The van der Waals surface area contributed by atoms with Crippen LogP contribution in [0.15, 0.2) is 24.3 Å². The Morgan fingerprint density at radius 3 is 2.75 bits per heavy atom. The van der Waals surface area contributed by atoms with E-state index in [1.807, 2.05) is 29.6 Å². The quantitative estimate of drug-likeness (QED) is 0.704. The number of amides is 3. The Morgan fingerprint density at radius 2 is 2.12 bits per heavy atom. The first kappa shape index (κ1) is 12.0. The van der Waals surface area contributed by atoms with Crippen LogP contribution < -0.4 is 16.4 Å². The van der Waals surface area contributed by atoms with Crippen LogP contribution in [0.2, 0.25) is 0 Å². The molecule has 0 unspecified atom stereocenters. The van der Waals surface area contributed by atoms with Gasteiger partial charge in [-0.15, -0.1) is 0 Å². The molecule has 3 amide bonds. The number of carbonyl (C=O) groups is 2. The van der Waals surface area contributed by atoms with Gasteiger partial charge in [0.05, 0.1) is 6.54 Å². The fourth-order valence-electron chi connectivity index (χ4n) is 1.27. The van der Waals surface area contributed by atoms with Crippen molar-refractivity contribution in [3.8, 4) is 0 Å². The van der Waals surface area contributed by atoms with Crippen molar-refractivity contribution in [2.24, 2.45) is 5.73 Å². The Hall–Kier alpha value is -2.04. The maximum absolute atomic E-state index is 11.1. The summed E-state index contributed by atoms with van der Waals surface area (Å²) in [6, 6.07) is 6.89. The molecule has 86 valence electrons. The SMILES string of the molecule is CCc1cccc(NCC(=O)NC(N)=O)c1. The molecule has 0 saturated heterocycles. The fraction of sp³-hybridized carbons (Fsp3) is 0.273. The fourth-order valence-corrected chi connectivity index (χ4v) is 1.27. The molecule has 16 heavy (non-hydrogen) atoms. The van der Waals surface area contributed by atoms with E-state index in [0.29, 0.717) is 0 Å². The number of hydrogen-bond acceptors (Lipinski definition) is 3. The molecule has 5 heteroatoms. The Bertz CT molecular complexity index is 391. The van der Waals surface area contributed by atoms with Gasteiger partial charge in [0, 0.05) is 5.69 Å². The molecule has 0 spiro atoms. The summed E-state index contributed by atoms with van der Waals surface area (Å²) in [5, 5.41) is 4.88. The number of anilines is 1. The second kappa shape index (κ2) is 5.75. The van der Waals surface area contributed by atoms with Gasteiger partial charge in [0.25, 0.3) is 0 Å². The Balaban J connectivity index is 2.47. The van der Waals surface area contributed by atoms with Crippen LogP contribution in [0.25, 0.3) is 0 Å². The van der Waals surface area contributed by atoms with E-state index in [-0.39, 0.29) is 6.54 Å². The number of nitrogens with one attached hydrogen (secondary N) is 2. The first-order valence-electron chi connectivity index (χ1n) is 5.04. The molecule has 5 nitrogen and oxygen atoms in total. The van der Waals surface area contributed by atoms with Crippen molar-refractivity contribution in [2.75, 3.05) is 11.9 Å². The zero-order valence-corrected chi connectivity index (χ0v) is 9.12. The maximum atomic E-state index is 11.1. The molecule has 0 aliphatic rings. The lowest BCUT2D eigenvalue weighted by molar-refractivity contribution is -0.118. The van der Waals surface area contributed by atoms with E-state index in [9.17, 15) is 9.59 Å². The molecule has 1 aromatic carbocycles. The van der Waals surface area contributed by atoms with Gasteiger partial charge in [-0.2, -0.15) is 0 Å². The first-order chi connectivity index (χ1) is 7.61. The van der Waals surface area contributed by atoms with Crippen molar-refractivity contribution in [1.82, 2.24) is 5.32 Å². The van der Waals surface area contributed by atoms with Crippen molar-refractivity contribution in [1.29, 1.82) is 0 Å². The summed E-state index contributed by atoms with van der Waals surface area (Å²) in [7, 11) is 0. The number of benzene rings is 1. The summed E-state index contributed by atoms with van der Waals surface area (Å²) in [6.45, 7) is 2.08. The molecule has 1 rings (SSSR count). The van der Waals surface area contributed by atoms with Gasteiger partial charge in [-0.25, -0.2) is 4.79 Å². The monoisotopic (exact) mass is 221 g/mol. The summed E-state index contributed by atoms with van der Waals surface area (Å²) in [5.74, 6) is -0.450. The largest absolute Gasteiger partial charge is 0.376 e. The van der Waals surface area contributed by atoms with Gasteiger partial charge in [-0.1, -0.05) is 19.1 Å². The summed E-state index contributed by atoms with van der Waals surface area (Å²) in [6.07, 6.45) is 0.934. The summed E-state index contributed by atoms with van der Waals surface area (Å²) in [5.41, 5.74) is 6.84. The van der Waals surface area contributed by atoms with Crippen LogP contribution in [0.4, 0.5) is 10.5 Å². The molecule has 1 aromatic rings. The van der Waals surface area contributed by atoms with Gasteiger partial charge in [-0.05, 0) is 24.1 Å². The minimum absolute atomic E-state index is 0.0239. The van der Waals surface area contributed by atoms with Gasteiger partial charge in [0.2, 0.25) is 5.91 Å². The van der Waals surface area contributed by atoms with Crippen LogP contribution >= 0.6 is 0 Å². The van der Waals surface area contributed by atoms with Gasteiger partial charge in [0.15, 0.2) is 0 Å². The number of imide groups is 1. The lowest BCUT2D eigenvalue weighted by Gasteiger charge is -2.06. The van der Waals surface area contributed by atoms with Crippen LogP contribution in [0.5, 0.6) is 0 Å². The van der Waals surface area contributed by atoms with Gasteiger partial charge < -0.3 is 11.1 Å². The van der Waals surface area contributed by atoms with Gasteiger partial charge in [0.1, 0.15) is 0 Å². The van der Waals surface area contributed by atoms with E-state index in [4.69, 9.17) is 5.73 Å². The molecule has 4 N–H and O–H groups in total. The van der Waals surface area contributed by atoms with Crippen molar-refractivity contribution in [3.63, 3.8) is 0 Å². The molecule has 0 saturated carbocycles. The highest BCUT2D eigenvalue weighted by molar-refractivity contribution is 5.95. The van der Waals surface area contributed by atoms with E-state index >= 15 is 0 Å². The number of hydrogen-bond donors (Lipinski definition) is 3. The van der Waals surface area contributed by atoms with E-state index in [1.54, 1.807) is 0 Å². The molecule has 0 heterocycles. The number of carbonyl (C=O) groups excluding carboxylic acids is 2. The highest BCUT2D eigenvalue weighted by Crippen LogP contribution is 2.10. The van der Waals surface area contributed by atoms with E-state index in [0.717, 1.165) is 12.1 Å². The van der Waals surface area contributed by atoms with E-state index in [2.05, 4.69) is 12.2 Å². The van der Waals surface area contributed by atoms with Crippen LogP contribution in [0.3, 0.4) is 0 Å². The molecule has 0 radical (unpaired) electrons. The average Bonchev–Trinajstić information content (AvgIpc) is 2.26. The van der Waals surface area contributed by atoms with Crippen molar-refractivity contribution < 1.29 is 9.59 Å². The highest BCUT2D eigenvalue weighted by atomic mass is 16.2. The standard InChI is InChI=1S/C11H15N3O2/c1-2-8-4-3-5-9(6-8)13-7-10(15)14-11(12)16/h3-6,13H,2,7H2,1H3,(H3,12,14,15,16). The second-order valence-electron chi connectivity index (χ2n) is 3.32. The topological polar surface area (TPSA) is 84.2 Å². The minimum atomic E-state index is -0.839. The number of nitrogens with two attached hydrogens (primary N) is 1. The third-order valence-corrected chi connectivity index (χ3v) is 2.05. The molecule has 0 bridgehead atoms. The zero-order chi connectivity index (χ0) is 12.0. The third kappa shape index (κ3) is 4.00. The molecule has 0 aromatic heterocycles. The molecule has 0 aliphatic carbocycles. The smallest absolute Gasteiger partial charge is 0.318 e. The number of rotatable bonds is 4. The number of urea groups is 1. The normalized spacial score (nSPS) is 9.56. The molecular weight excluding hydrogens is 206 g/mol. The summed E-state index contributed by atoms with van der Waals surface area (Å²) >= 11 is 0. The van der Waals surface area contributed by atoms with Crippen molar-refractivity contribution in [2.45, 2.75) is 13.3 Å². The highest BCUT2D eigenvalue weighted by Gasteiger charge is 2.03. The van der Waals surface area contributed by atoms with Crippen molar-refractivity contribution >= 4 is 17.6 Å².